The maximum atomic E-state index is 12.5. The van der Waals surface area contributed by atoms with Crippen LogP contribution in [-0.2, 0) is 28.6 Å². The van der Waals surface area contributed by atoms with Crippen molar-refractivity contribution >= 4 is 17.9 Å². The summed E-state index contributed by atoms with van der Waals surface area (Å²) in [5, 5.41) is 22.5. The average molecular weight is 424 g/mol. The van der Waals surface area contributed by atoms with Crippen LogP contribution in [0.4, 0.5) is 0 Å². The molecule has 0 saturated heterocycles. The Morgan fingerprint density at radius 3 is 2.60 bits per heavy atom. The number of esters is 3. The van der Waals surface area contributed by atoms with Gasteiger partial charge in [-0.1, -0.05) is 20.8 Å². The first kappa shape index (κ1) is 22.7. The summed E-state index contributed by atoms with van der Waals surface area (Å²) in [6.07, 6.45) is -0.807. The molecule has 30 heavy (non-hydrogen) atoms. The number of ether oxygens (including phenoxy) is 3. The van der Waals surface area contributed by atoms with E-state index in [1.165, 1.54) is 6.92 Å². The van der Waals surface area contributed by atoms with Gasteiger partial charge in [-0.15, -0.1) is 0 Å². The van der Waals surface area contributed by atoms with Gasteiger partial charge in [-0.2, -0.15) is 0 Å². The highest BCUT2D eigenvalue weighted by Gasteiger charge is 2.65. The molecular weight excluding hydrogens is 392 g/mol. The molecular formula is C22H32O8. The van der Waals surface area contributed by atoms with E-state index in [0.717, 1.165) is 0 Å². The second-order valence-corrected chi connectivity index (χ2v) is 9.31. The molecule has 2 saturated carbocycles. The molecule has 2 aliphatic carbocycles. The topological polar surface area (TPSA) is 119 Å². The monoisotopic (exact) mass is 424 g/mol. The van der Waals surface area contributed by atoms with E-state index < -0.39 is 53.2 Å². The van der Waals surface area contributed by atoms with Gasteiger partial charge in [-0.3, -0.25) is 9.59 Å². The molecule has 1 aliphatic heterocycles. The molecule has 2 fully saturated rings. The number of hydrogen-bond acceptors (Lipinski definition) is 8. The van der Waals surface area contributed by atoms with E-state index in [2.05, 4.69) is 0 Å². The summed E-state index contributed by atoms with van der Waals surface area (Å²) in [7, 11) is 0. The van der Waals surface area contributed by atoms with Gasteiger partial charge in [0.1, 0.15) is 24.4 Å². The molecule has 1 unspecified atom stereocenters. The number of hydrogen-bond donors (Lipinski definition) is 2. The Balaban J connectivity index is 1.95. The highest BCUT2D eigenvalue weighted by Crippen LogP contribution is 2.58. The van der Waals surface area contributed by atoms with Crippen LogP contribution in [0.5, 0.6) is 0 Å². The van der Waals surface area contributed by atoms with Crippen molar-refractivity contribution in [2.45, 2.75) is 84.2 Å². The van der Waals surface area contributed by atoms with Crippen LogP contribution in [-0.4, -0.2) is 58.6 Å². The summed E-state index contributed by atoms with van der Waals surface area (Å²) >= 11 is 0. The number of fused-ring (bicyclic) bond motifs is 3. The zero-order chi connectivity index (χ0) is 22.4. The zero-order valence-corrected chi connectivity index (χ0v) is 18.3. The second kappa shape index (κ2) is 7.96. The fraction of sp³-hybridized carbons (Fsp3) is 0.773. The van der Waals surface area contributed by atoms with E-state index in [1.807, 2.05) is 13.8 Å². The minimum Gasteiger partial charge on any atom is -0.461 e. The van der Waals surface area contributed by atoms with E-state index in [1.54, 1.807) is 13.8 Å². The van der Waals surface area contributed by atoms with Gasteiger partial charge in [-0.25, -0.2) is 4.79 Å². The molecule has 168 valence electrons. The van der Waals surface area contributed by atoms with Crippen LogP contribution in [0, 0.1) is 17.3 Å². The van der Waals surface area contributed by atoms with Crippen LogP contribution >= 0.6 is 0 Å². The molecule has 1 heterocycles. The van der Waals surface area contributed by atoms with Crippen LogP contribution in [0.2, 0.25) is 0 Å². The highest BCUT2D eigenvalue weighted by molar-refractivity contribution is 5.93. The van der Waals surface area contributed by atoms with Gasteiger partial charge in [0.2, 0.25) is 0 Å². The Hall–Kier alpha value is -1.93. The van der Waals surface area contributed by atoms with Crippen LogP contribution in [0.25, 0.3) is 0 Å². The van der Waals surface area contributed by atoms with Gasteiger partial charge in [0.05, 0.1) is 17.6 Å². The molecule has 3 aliphatic rings. The number of aliphatic hydroxyl groups excluding tert-OH is 1. The van der Waals surface area contributed by atoms with E-state index in [-0.39, 0.29) is 18.9 Å². The summed E-state index contributed by atoms with van der Waals surface area (Å²) in [5.74, 6) is -2.51. The number of aliphatic hydroxyl groups is 2. The maximum absolute atomic E-state index is 12.5. The van der Waals surface area contributed by atoms with Gasteiger partial charge >= 0.3 is 17.9 Å². The van der Waals surface area contributed by atoms with Crippen molar-refractivity contribution in [3.05, 3.63) is 11.1 Å². The Bertz CT molecular complexity index is 769. The first-order valence-corrected chi connectivity index (χ1v) is 10.6. The van der Waals surface area contributed by atoms with E-state index in [4.69, 9.17) is 14.2 Å². The number of carbonyl (C=O) groups is 3. The molecule has 7 atom stereocenters. The quantitative estimate of drug-likeness (QED) is 0.505. The van der Waals surface area contributed by atoms with Gasteiger partial charge in [0.15, 0.2) is 0 Å². The van der Waals surface area contributed by atoms with Crippen molar-refractivity contribution in [3.8, 4) is 0 Å². The summed E-state index contributed by atoms with van der Waals surface area (Å²) in [6, 6.07) is 0. The molecule has 0 bridgehead atoms. The first-order valence-electron chi connectivity index (χ1n) is 10.6. The zero-order valence-electron chi connectivity index (χ0n) is 18.3. The molecule has 0 radical (unpaired) electrons. The Kier molecular flexibility index (Phi) is 6.04. The molecule has 8 nitrogen and oxygen atoms in total. The van der Waals surface area contributed by atoms with Crippen molar-refractivity contribution < 1.29 is 38.8 Å². The molecule has 8 heteroatoms. The third-order valence-electron chi connectivity index (χ3n) is 7.33. The van der Waals surface area contributed by atoms with Gasteiger partial charge < -0.3 is 24.4 Å². The molecule has 0 aromatic heterocycles. The summed E-state index contributed by atoms with van der Waals surface area (Å²) < 4.78 is 16.3. The molecule has 2 N–H and O–H groups in total. The minimum absolute atomic E-state index is 0.113. The molecule has 3 rings (SSSR count). The first-order chi connectivity index (χ1) is 13.9. The Morgan fingerprint density at radius 2 is 2.00 bits per heavy atom. The largest absolute Gasteiger partial charge is 0.461 e. The third kappa shape index (κ3) is 3.64. The lowest BCUT2D eigenvalue weighted by molar-refractivity contribution is -0.246. The lowest BCUT2D eigenvalue weighted by Crippen LogP contribution is -2.67. The average Bonchev–Trinajstić information content (AvgIpc) is 2.98. The molecule has 0 aromatic rings. The number of carbonyl (C=O) groups excluding carboxylic acids is 3. The van der Waals surface area contributed by atoms with Crippen molar-refractivity contribution in [2.24, 2.45) is 17.3 Å². The van der Waals surface area contributed by atoms with E-state index in [9.17, 15) is 24.6 Å². The normalized spacial score (nSPS) is 39.0. The van der Waals surface area contributed by atoms with Crippen molar-refractivity contribution in [3.63, 3.8) is 0 Å². The maximum Gasteiger partial charge on any atom is 0.338 e. The highest BCUT2D eigenvalue weighted by atomic mass is 16.6. The SMILES string of the molecule is CCC(C)C(=O)O[C@H]1C[C@@H](O)[C@]2(C)CCC3=C(COC(C)=O)C(=O)O[C@@H]3[C@H]2[C@]1(C)O. The molecule has 0 aromatic carbocycles. The minimum atomic E-state index is -1.52. The number of rotatable bonds is 5. The summed E-state index contributed by atoms with van der Waals surface area (Å²) in [4.78, 5) is 36.1. The summed E-state index contributed by atoms with van der Waals surface area (Å²) in [6.45, 7) is 8.16. The van der Waals surface area contributed by atoms with E-state index >= 15 is 0 Å². The van der Waals surface area contributed by atoms with Gasteiger partial charge in [0.25, 0.3) is 0 Å². The Labute approximate surface area is 176 Å². The predicted octanol–water partition coefficient (Wildman–Crippen LogP) is 1.66. The fourth-order valence-corrected chi connectivity index (χ4v) is 5.20. The van der Waals surface area contributed by atoms with Crippen LogP contribution in [0.3, 0.4) is 0 Å². The molecule has 0 spiro atoms. The van der Waals surface area contributed by atoms with Crippen LogP contribution in [0.1, 0.15) is 60.3 Å². The van der Waals surface area contributed by atoms with Gasteiger partial charge in [-0.05, 0) is 31.8 Å². The Morgan fingerprint density at radius 1 is 1.33 bits per heavy atom. The smallest absolute Gasteiger partial charge is 0.338 e. The van der Waals surface area contributed by atoms with Crippen LogP contribution in [0.15, 0.2) is 11.1 Å². The lowest BCUT2D eigenvalue weighted by Gasteiger charge is -2.58. The van der Waals surface area contributed by atoms with Crippen molar-refractivity contribution in [1.82, 2.24) is 0 Å². The molecule has 0 amide bonds. The second-order valence-electron chi connectivity index (χ2n) is 9.31. The van der Waals surface area contributed by atoms with Gasteiger partial charge in [0, 0.05) is 24.7 Å². The van der Waals surface area contributed by atoms with Crippen LogP contribution < -0.4 is 0 Å². The van der Waals surface area contributed by atoms with Crippen molar-refractivity contribution in [2.75, 3.05) is 6.61 Å². The van der Waals surface area contributed by atoms with E-state index in [0.29, 0.717) is 30.4 Å². The lowest BCUT2D eigenvalue weighted by atomic mass is 9.51. The fourth-order valence-electron chi connectivity index (χ4n) is 5.20. The third-order valence-corrected chi connectivity index (χ3v) is 7.33. The predicted molar refractivity (Wildman–Crippen MR) is 105 cm³/mol. The summed E-state index contributed by atoms with van der Waals surface area (Å²) in [5.41, 5.74) is -1.27. The standard InChI is InChI=1S/C22H32O8/c1-6-11(2)19(25)29-16-9-15(24)21(4)8-7-13-14(10-28-12(3)23)20(26)30-17(13)18(21)22(16,5)27/h11,15-18,24,27H,6-10H2,1-5H3/t11?,15-,16+,17+,18-,21+,22-/m1/s1. The van der Waals surface area contributed by atoms with Crippen molar-refractivity contribution in [1.29, 1.82) is 0 Å².